The van der Waals surface area contributed by atoms with Crippen molar-refractivity contribution in [2.45, 2.75) is 39.7 Å². The van der Waals surface area contributed by atoms with Crippen molar-refractivity contribution in [3.63, 3.8) is 0 Å². The zero-order chi connectivity index (χ0) is 16.0. The van der Waals surface area contributed by atoms with Crippen molar-refractivity contribution in [1.29, 1.82) is 0 Å². The Morgan fingerprint density at radius 2 is 2.00 bits per heavy atom. The number of carbonyl (C=O) groups is 2. The van der Waals surface area contributed by atoms with Gasteiger partial charge < -0.3 is 10.1 Å². The highest BCUT2D eigenvalue weighted by Gasteiger charge is 2.19. The molecule has 5 nitrogen and oxygen atoms in total. The molecule has 0 spiro atoms. The van der Waals surface area contributed by atoms with Crippen LogP contribution in [0.1, 0.15) is 33.6 Å². The number of amides is 1. The van der Waals surface area contributed by atoms with Crippen molar-refractivity contribution in [3.05, 3.63) is 22.3 Å². The van der Waals surface area contributed by atoms with E-state index < -0.39 is 18.0 Å². The minimum atomic E-state index is -0.918. The molecule has 0 saturated heterocycles. The van der Waals surface area contributed by atoms with E-state index in [1.807, 2.05) is 13.8 Å². The quantitative estimate of drug-likeness (QED) is 0.806. The van der Waals surface area contributed by atoms with E-state index in [4.69, 9.17) is 27.9 Å². The Morgan fingerprint density at radius 3 is 2.57 bits per heavy atom. The molecule has 0 unspecified atom stereocenters. The number of halogens is 2. The van der Waals surface area contributed by atoms with E-state index in [1.54, 1.807) is 0 Å². The maximum Gasteiger partial charge on any atom is 0.306 e. The molecule has 0 aliphatic rings. The molecule has 1 heterocycles. The first-order chi connectivity index (χ1) is 9.79. The summed E-state index contributed by atoms with van der Waals surface area (Å²) in [6.45, 7) is 5.52. The van der Waals surface area contributed by atoms with Crippen molar-refractivity contribution in [2.24, 2.45) is 5.92 Å². The fourth-order valence-electron chi connectivity index (χ4n) is 1.44. The number of nitrogens with zero attached hydrogens (tertiary/aromatic N) is 1. The predicted molar refractivity (Wildman–Crippen MR) is 82.5 cm³/mol. The summed E-state index contributed by atoms with van der Waals surface area (Å²) in [4.78, 5) is 27.4. The van der Waals surface area contributed by atoms with Crippen LogP contribution in [-0.2, 0) is 14.3 Å². The molecule has 21 heavy (non-hydrogen) atoms. The Hall–Kier alpha value is -1.33. The number of aromatic nitrogens is 1. The average molecular weight is 333 g/mol. The number of carbonyl (C=O) groups excluding carboxylic acids is 2. The van der Waals surface area contributed by atoms with Gasteiger partial charge >= 0.3 is 5.97 Å². The number of rotatable bonds is 6. The van der Waals surface area contributed by atoms with Crippen LogP contribution in [0.3, 0.4) is 0 Å². The molecule has 1 atom stereocenters. The zero-order valence-electron chi connectivity index (χ0n) is 12.2. The van der Waals surface area contributed by atoms with Crippen LogP contribution in [0, 0.1) is 5.92 Å². The Balaban J connectivity index is 2.52. The maximum absolute atomic E-state index is 11.9. The van der Waals surface area contributed by atoms with Gasteiger partial charge in [0.25, 0.3) is 5.91 Å². The van der Waals surface area contributed by atoms with Gasteiger partial charge in [-0.3, -0.25) is 9.59 Å². The minimum Gasteiger partial charge on any atom is -0.453 e. The van der Waals surface area contributed by atoms with Crippen molar-refractivity contribution in [3.8, 4) is 0 Å². The standard InChI is InChI=1S/C14H18Cl2N2O3/c1-8(2)4-5-12(19)21-9(3)14(20)18-13-11(16)6-10(15)7-17-13/h6-9H,4-5H2,1-3H3,(H,17,18,20)/t9-/m1/s1. The Kier molecular flexibility index (Phi) is 6.92. The number of anilines is 1. The molecule has 0 aliphatic heterocycles. The van der Waals surface area contributed by atoms with Crippen molar-refractivity contribution in [2.75, 3.05) is 5.32 Å². The molecular formula is C14H18Cl2N2O3. The summed E-state index contributed by atoms with van der Waals surface area (Å²) < 4.78 is 5.05. The van der Waals surface area contributed by atoms with E-state index >= 15 is 0 Å². The van der Waals surface area contributed by atoms with Crippen LogP contribution in [0.15, 0.2) is 12.3 Å². The summed E-state index contributed by atoms with van der Waals surface area (Å²) in [6.07, 6.45) is 1.45. The number of hydrogen-bond acceptors (Lipinski definition) is 4. The maximum atomic E-state index is 11.9. The summed E-state index contributed by atoms with van der Waals surface area (Å²) in [6, 6.07) is 1.46. The van der Waals surface area contributed by atoms with Crippen molar-refractivity contribution < 1.29 is 14.3 Å². The van der Waals surface area contributed by atoms with E-state index in [9.17, 15) is 9.59 Å². The van der Waals surface area contributed by atoms with Gasteiger partial charge in [-0.15, -0.1) is 0 Å². The lowest BCUT2D eigenvalue weighted by Gasteiger charge is -2.14. The Bertz CT molecular complexity index is 521. The first-order valence-electron chi connectivity index (χ1n) is 6.61. The van der Waals surface area contributed by atoms with Crippen LogP contribution in [0.25, 0.3) is 0 Å². The molecule has 0 aromatic carbocycles. The molecule has 0 radical (unpaired) electrons. The number of ether oxygens (including phenoxy) is 1. The normalized spacial score (nSPS) is 12.1. The lowest BCUT2D eigenvalue weighted by atomic mass is 10.1. The highest BCUT2D eigenvalue weighted by Crippen LogP contribution is 2.22. The molecule has 116 valence electrons. The first-order valence-corrected chi connectivity index (χ1v) is 7.36. The van der Waals surface area contributed by atoms with Gasteiger partial charge in [-0.2, -0.15) is 0 Å². The highest BCUT2D eigenvalue weighted by molar-refractivity contribution is 6.36. The molecule has 0 aliphatic carbocycles. The van der Waals surface area contributed by atoms with Crippen LogP contribution in [-0.4, -0.2) is 23.0 Å². The largest absolute Gasteiger partial charge is 0.453 e. The third-order valence-corrected chi connectivity index (χ3v) is 3.15. The third kappa shape index (κ3) is 6.31. The molecule has 0 fully saturated rings. The molecule has 0 saturated carbocycles. The number of nitrogens with one attached hydrogen (secondary N) is 1. The lowest BCUT2D eigenvalue weighted by Crippen LogP contribution is -2.30. The zero-order valence-corrected chi connectivity index (χ0v) is 13.7. The number of esters is 1. The van der Waals surface area contributed by atoms with Gasteiger partial charge in [0.05, 0.1) is 10.0 Å². The van der Waals surface area contributed by atoms with Gasteiger partial charge in [0, 0.05) is 12.6 Å². The summed E-state index contributed by atoms with van der Waals surface area (Å²) in [5.74, 6) is -0.318. The third-order valence-electron chi connectivity index (χ3n) is 2.65. The fourth-order valence-corrected chi connectivity index (χ4v) is 1.87. The van der Waals surface area contributed by atoms with Gasteiger partial charge in [-0.1, -0.05) is 37.0 Å². The number of hydrogen-bond donors (Lipinski definition) is 1. The van der Waals surface area contributed by atoms with E-state index in [2.05, 4.69) is 10.3 Å². The van der Waals surface area contributed by atoms with Gasteiger partial charge in [0.15, 0.2) is 11.9 Å². The predicted octanol–water partition coefficient (Wildman–Crippen LogP) is 3.69. The van der Waals surface area contributed by atoms with Crippen LogP contribution >= 0.6 is 23.2 Å². The van der Waals surface area contributed by atoms with E-state index in [1.165, 1.54) is 19.2 Å². The van der Waals surface area contributed by atoms with Crippen LogP contribution in [0.2, 0.25) is 10.0 Å². The van der Waals surface area contributed by atoms with Crippen LogP contribution in [0.5, 0.6) is 0 Å². The molecule has 1 aromatic rings. The van der Waals surface area contributed by atoms with Gasteiger partial charge in [-0.05, 0) is 25.3 Å². The summed E-state index contributed by atoms with van der Waals surface area (Å²) in [5.41, 5.74) is 0. The second-order valence-corrected chi connectivity index (χ2v) is 5.88. The molecule has 0 bridgehead atoms. The summed E-state index contributed by atoms with van der Waals surface area (Å²) in [7, 11) is 0. The van der Waals surface area contributed by atoms with Crippen LogP contribution in [0.4, 0.5) is 5.82 Å². The van der Waals surface area contributed by atoms with Gasteiger partial charge in [0.1, 0.15) is 0 Å². The van der Waals surface area contributed by atoms with Crippen molar-refractivity contribution in [1.82, 2.24) is 4.98 Å². The highest BCUT2D eigenvalue weighted by atomic mass is 35.5. The SMILES string of the molecule is CC(C)CCC(=O)O[C@H](C)C(=O)Nc1ncc(Cl)cc1Cl. The molecule has 7 heteroatoms. The average Bonchev–Trinajstić information content (AvgIpc) is 2.39. The molecule has 1 N–H and O–H groups in total. The van der Waals surface area contributed by atoms with E-state index in [0.717, 1.165) is 6.42 Å². The van der Waals surface area contributed by atoms with Crippen molar-refractivity contribution >= 4 is 40.9 Å². The molecule has 1 amide bonds. The first kappa shape index (κ1) is 17.7. The Morgan fingerprint density at radius 1 is 1.33 bits per heavy atom. The smallest absolute Gasteiger partial charge is 0.306 e. The monoisotopic (exact) mass is 332 g/mol. The van der Waals surface area contributed by atoms with Gasteiger partial charge in [0.2, 0.25) is 0 Å². The van der Waals surface area contributed by atoms with Crippen LogP contribution < -0.4 is 5.32 Å². The fraction of sp³-hybridized carbons (Fsp3) is 0.500. The lowest BCUT2D eigenvalue weighted by molar-refractivity contribution is -0.153. The number of pyridine rings is 1. The molecule has 1 aromatic heterocycles. The van der Waals surface area contributed by atoms with Gasteiger partial charge in [-0.25, -0.2) is 4.98 Å². The minimum absolute atomic E-state index is 0.177. The summed E-state index contributed by atoms with van der Waals surface area (Å²) >= 11 is 11.6. The van der Waals surface area contributed by atoms with E-state index in [-0.39, 0.29) is 17.3 Å². The second kappa shape index (κ2) is 8.20. The Labute approximate surface area is 134 Å². The van der Waals surface area contributed by atoms with E-state index in [0.29, 0.717) is 10.9 Å². The topological polar surface area (TPSA) is 68.3 Å². The summed E-state index contributed by atoms with van der Waals surface area (Å²) in [5, 5.41) is 3.07. The molecule has 1 rings (SSSR count). The molecular weight excluding hydrogens is 315 g/mol. The second-order valence-electron chi connectivity index (χ2n) is 5.04.